The summed E-state index contributed by atoms with van der Waals surface area (Å²) in [5, 5.41) is 3.27. The van der Waals surface area contributed by atoms with Gasteiger partial charge in [-0.25, -0.2) is 17.9 Å². The SMILES string of the molecule is COc1ccc(C(=O)NN2C(=O)NC(C)(CCc3ccccc3)C2=O)cc1S(=O)(=O)NC1CC1. The number of sulfonamides is 1. The van der Waals surface area contributed by atoms with Gasteiger partial charge in [-0.3, -0.25) is 15.0 Å². The number of nitrogens with one attached hydrogen (secondary N) is 3. The van der Waals surface area contributed by atoms with Crippen LogP contribution >= 0.6 is 0 Å². The molecule has 11 heteroatoms. The minimum Gasteiger partial charge on any atom is -0.495 e. The lowest BCUT2D eigenvalue weighted by Crippen LogP contribution is -2.49. The first kappa shape index (κ1) is 23.7. The number of hydrogen-bond donors (Lipinski definition) is 3. The number of imide groups is 1. The second-order valence-corrected chi connectivity index (χ2v) is 10.3. The highest BCUT2D eigenvalue weighted by Gasteiger charge is 2.48. The molecule has 2 aromatic rings. The third-order valence-electron chi connectivity index (χ3n) is 5.85. The van der Waals surface area contributed by atoms with Crippen molar-refractivity contribution in [2.75, 3.05) is 7.11 Å². The van der Waals surface area contributed by atoms with E-state index in [1.165, 1.54) is 19.2 Å². The Morgan fingerprint density at radius 2 is 1.88 bits per heavy atom. The average molecular weight is 487 g/mol. The molecule has 1 atom stereocenters. The minimum atomic E-state index is -3.91. The van der Waals surface area contributed by atoms with E-state index in [0.29, 0.717) is 17.9 Å². The van der Waals surface area contributed by atoms with E-state index < -0.39 is 33.4 Å². The lowest BCUT2D eigenvalue weighted by molar-refractivity contribution is -0.132. The van der Waals surface area contributed by atoms with Crippen molar-refractivity contribution in [3.8, 4) is 5.75 Å². The predicted molar refractivity (Wildman–Crippen MR) is 122 cm³/mol. The van der Waals surface area contributed by atoms with Crippen LogP contribution in [0.3, 0.4) is 0 Å². The van der Waals surface area contributed by atoms with Gasteiger partial charge in [0, 0.05) is 11.6 Å². The number of hydrogen-bond acceptors (Lipinski definition) is 6. The molecule has 2 aromatic carbocycles. The van der Waals surface area contributed by atoms with E-state index in [1.54, 1.807) is 6.92 Å². The quantitative estimate of drug-likeness (QED) is 0.462. The summed E-state index contributed by atoms with van der Waals surface area (Å²) in [7, 11) is -2.58. The molecule has 34 heavy (non-hydrogen) atoms. The first-order valence-electron chi connectivity index (χ1n) is 10.8. The second kappa shape index (κ2) is 9.07. The van der Waals surface area contributed by atoms with Gasteiger partial charge in [0.1, 0.15) is 16.2 Å². The zero-order chi connectivity index (χ0) is 24.5. The fourth-order valence-electron chi connectivity index (χ4n) is 3.67. The molecule has 0 spiro atoms. The van der Waals surface area contributed by atoms with Gasteiger partial charge in [-0.15, -0.1) is 0 Å². The third-order valence-corrected chi connectivity index (χ3v) is 7.39. The Bertz CT molecular complexity index is 1230. The van der Waals surface area contributed by atoms with E-state index in [9.17, 15) is 22.8 Å². The van der Waals surface area contributed by atoms with Crippen molar-refractivity contribution < 1.29 is 27.5 Å². The smallest absolute Gasteiger partial charge is 0.344 e. The van der Waals surface area contributed by atoms with Crippen LogP contribution in [0, 0.1) is 0 Å². The molecule has 1 unspecified atom stereocenters. The van der Waals surface area contributed by atoms with Crippen LogP contribution in [-0.2, 0) is 21.2 Å². The molecule has 2 fully saturated rings. The van der Waals surface area contributed by atoms with Crippen molar-refractivity contribution in [3.63, 3.8) is 0 Å². The number of methoxy groups -OCH3 is 1. The number of aryl methyl sites for hydroxylation is 1. The Morgan fingerprint density at radius 3 is 2.53 bits per heavy atom. The molecule has 3 N–H and O–H groups in total. The maximum absolute atomic E-state index is 13.0. The lowest BCUT2D eigenvalue weighted by Gasteiger charge is -2.21. The summed E-state index contributed by atoms with van der Waals surface area (Å²) >= 11 is 0. The number of benzene rings is 2. The van der Waals surface area contributed by atoms with Crippen LogP contribution in [0.25, 0.3) is 0 Å². The highest BCUT2D eigenvalue weighted by Crippen LogP contribution is 2.29. The van der Waals surface area contributed by atoms with Crippen LogP contribution in [0.15, 0.2) is 53.4 Å². The molecular formula is C23H26N4O6S. The molecule has 4 amide bonds. The maximum Gasteiger partial charge on any atom is 0.344 e. The van der Waals surface area contributed by atoms with Gasteiger partial charge in [0.15, 0.2) is 0 Å². The van der Waals surface area contributed by atoms with Gasteiger partial charge in [0.2, 0.25) is 10.0 Å². The van der Waals surface area contributed by atoms with E-state index in [-0.39, 0.29) is 22.3 Å². The molecule has 1 saturated heterocycles. The lowest BCUT2D eigenvalue weighted by atomic mass is 9.93. The molecule has 180 valence electrons. The summed E-state index contributed by atoms with van der Waals surface area (Å²) in [6.07, 6.45) is 2.39. The number of carbonyl (C=O) groups is 3. The fraction of sp³-hybridized carbons (Fsp3) is 0.348. The molecule has 1 aliphatic carbocycles. The largest absolute Gasteiger partial charge is 0.495 e. The van der Waals surface area contributed by atoms with Crippen LogP contribution in [0.1, 0.15) is 42.1 Å². The number of nitrogens with zero attached hydrogens (tertiary/aromatic N) is 1. The monoisotopic (exact) mass is 486 g/mol. The number of rotatable bonds is 9. The van der Waals surface area contributed by atoms with E-state index in [1.807, 2.05) is 30.3 Å². The third kappa shape index (κ3) is 4.90. The Kier molecular flexibility index (Phi) is 6.32. The summed E-state index contributed by atoms with van der Waals surface area (Å²) in [6, 6.07) is 12.5. The Balaban J connectivity index is 1.49. The zero-order valence-electron chi connectivity index (χ0n) is 18.8. The molecule has 1 aliphatic heterocycles. The summed E-state index contributed by atoms with van der Waals surface area (Å²) in [6.45, 7) is 1.60. The fourth-order valence-corrected chi connectivity index (χ4v) is 5.17. The first-order chi connectivity index (χ1) is 16.1. The number of urea groups is 1. The molecule has 0 radical (unpaired) electrons. The molecule has 1 saturated carbocycles. The van der Waals surface area contributed by atoms with Gasteiger partial charge < -0.3 is 10.1 Å². The number of carbonyl (C=O) groups excluding carboxylic acids is 3. The number of hydrazine groups is 1. The Morgan fingerprint density at radius 1 is 1.18 bits per heavy atom. The normalized spacial score (nSPS) is 20.2. The van der Waals surface area contributed by atoms with E-state index in [0.717, 1.165) is 24.5 Å². The van der Waals surface area contributed by atoms with E-state index >= 15 is 0 Å². The molecule has 1 heterocycles. The number of ether oxygens (including phenoxy) is 1. The second-order valence-electron chi connectivity index (χ2n) is 8.59. The van der Waals surface area contributed by atoms with Gasteiger partial charge in [-0.2, -0.15) is 5.01 Å². The van der Waals surface area contributed by atoms with Crippen LogP contribution in [0.5, 0.6) is 5.75 Å². The molecule has 4 rings (SSSR count). The van der Waals surface area contributed by atoms with Gasteiger partial charge in [-0.05, 0) is 56.4 Å². The topological polar surface area (TPSA) is 134 Å². The average Bonchev–Trinajstić information content (AvgIpc) is 3.60. The molecule has 10 nitrogen and oxygen atoms in total. The summed E-state index contributed by atoms with van der Waals surface area (Å²) in [5.74, 6) is -1.33. The zero-order valence-corrected chi connectivity index (χ0v) is 19.6. The van der Waals surface area contributed by atoms with Crippen molar-refractivity contribution in [3.05, 3.63) is 59.7 Å². The standard InChI is InChI=1S/C23H26N4O6S/c1-23(13-12-15-6-4-3-5-7-15)21(29)27(22(30)24-23)25-20(28)16-8-11-18(33-2)19(14-16)34(31,32)26-17-9-10-17/h3-8,11,14,17,26H,9-10,12-13H2,1-2H3,(H,24,30)(H,25,28). The molecular weight excluding hydrogens is 460 g/mol. The molecule has 0 aromatic heterocycles. The molecule has 2 aliphatic rings. The highest BCUT2D eigenvalue weighted by atomic mass is 32.2. The van der Waals surface area contributed by atoms with Gasteiger partial charge in [0.25, 0.3) is 11.8 Å². The van der Waals surface area contributed by atoms with Crippen LogP contribution in [0.2, 0.25) is 0 Å². The van der Waals surface area contributed by atoms with Crippen molar-refractivity contribution in [1.29, 1.82) is 0 Å². The van der Waals surface area contributed by atoms with Gasteiger partial charge in [-0.1, -0.05) is 30.3 Å². The van der Waals surface area contributed by atoms with Gasteiger partial charge >= 0.3 is 6.03 Å². The molecule has 0 bridgehead atoms. The van der Waals surface area contributed by atoms with E-state index in [2.05, 4.69) is 15.5 Å². The first-order valence-corrected chi connectivity index (χ1v) is 12.3. The van der Waals surface area contributed by atoms with Crippen molar-refractivity contribution >= 4 is 27.9 Å². The van der Waals surface area contributed by atoms with Crippen molar-refractivity contribution in [2.24, 2.45) is 0 Å². The summed E-state index contributed by atoms with van der Waals surface area (Å²) in [5.41, 5.74) is 2.07. The van der Waals surface area contributed by atoms with Gasteiger partial charge in [0.05, 0.1) is 7.11 Å². The van der Waals surface area contributed by atoms with Crippen LogP contribution in [-0.4, -0.2) is 50.0 Å². The summed E-state index contributed by atoms with van der Waals surface area (Å²) < 4.78 is 33.1. The van der Waals surface area contributed by atoms with Crippen LogP contribution in [0.4, 0.5) is 4.79 Å². The minimum absolute atomic E-state index is 0.0459. The Labute approximate surface area is 197 Å². The predicted octanol–water partition coefficient (Wildman–Crippen LogP) is 1.72. The van der Waals surface area contributed by atoms with E-state index in [4.69, 9.17) is 4.74 Å². The van der Waals surface area contributed by atoms with Crippen molar-refractivity contribution in [1.82, 2.24) is 20.5 Å². The van der Waals surface area contributed by atoms with Crippen LogP contribution < -0.4 is 20.2 Å². The summed E-state index contributed by atoms with van der Waals surface area (Å²) in [4.78, 5) is 38.1. The van der Waals surface area contributed by atoms with Crippen molar-refractivity contribution in [2.45, 2.75) is 49.1 Å². The highest BCUT2D eigenvalue weighted by molar-refractivity contribution is 7.89. The Hall–Kier alpha value is -3.44. The number of amides is 4. The maximum atomic E-state index is 13.0.